The number of hydrogen-bond donors (Lipinski definition) is 1. The third-order valence-corrected chi connectivity index (χ3v) is 3.35. The van der Waals surface area contributed by atoms with Crippen LogP contribution in [0.15, 0.2) is 28.8 Å². The number of benzene rings is 1. The second kappa shape index (κ2) is 5.18. The largest absolute Gasteiger partial charge is 0.334 e. The van der Waals surface area contributed by atoms with Gasteiger partial charge in [0.2, 0.25) is 5.82 Å². The summed E-state index contributed by atoms with van der Waals surface area (Å²) < 4.78 is 29.2. The fourth-order valence-corrected chi connectivity index (χ4v) is 1.89. The van der Waals surface area contributed by atoms with Gasteiger partial charge in [-0.25, -0.2) is 0 Å². The molecule has 112 valence electrons. The van der Waals surface area contributed by atoms with Gasteiger partial charge >= 0.3 is 6.43 Å². The molecule has 1 saturated carbocycles. The Bertz CT molecular complexity index is 745. The first-order chi connectivity index (χ1) is 10.5. The number of aromatic nitrogens is 2. The van der Waals surface area contributed by atoms with E-state index in [2.05, 4.69) is 26.0 Å². The second-order valence-electron chi connectivity index (χ2n) is 4.98. The average Bonchev–Trinajstić information content (AvgIpc) is 3.11. The molecule has 1 N–H and O–H groups in total. The molecule has 1 aromatic carbocycles. The monoisotopic (exact) mass is 304 g/mol. The summed E-state index contributed by atoms with van der Waals surface area (Å²) in [5.41, 5.74) is 0.0757. The lowest BCUT2D eigenvalue weighted by molar-refractivity contribution is 0.0941. The molecule has 8 heteroatoms. The highest BCUT2D eigenvalue weighted by Crippen LogP contribution is 2.34. The van der Waals surface area contributed by atoms with E-state index in [4.69, 9.17) is 5.26 Å². The number of nitrogens with one attached hydrogen (secondary N) is 1. The van der Waals surface area contributed by atoms with Crippen LogP contribution in [-0.2, 0) is 0 Å². The lowest BCUT2D eigenvalue weighted by atomic mass is 10.1. The Morgan fingerprint density at radius 1 is 1.36 bits per heavy atom. The van der Waals surface area contributed by atoms with Crippen LogP contribution in [0.4, 0.5) is 8.78 Å². The standard InChI is InChI=1S/C14H10F2N4O2/c15-10(16)13-18-11(20-22-13)8-1-3-9(4-2-8)12(21)19-14(7-17)5-6-14/h1-4,10H,5-6H2,(H,19,21). The van der Waals surface area contributed by atoms with Gasteiger partial charge in [-0.3, -0.25) is 4.79 Å². The van der Waals surface area contributed by atoms with Crippen LogP contribution in [0.5, 0.6) is 0 Å². The molecule has 1 heterocycles. The molecule has 1 aromatic heterocycles. The predicted molar refractivity (Wildman–Crippen MR) is 69.7 cm³/mol. The van der Waals surface area contributed by atoms with Gasteiger partial charge < -0.3 is 9.84 Å². The number of rotatable bonds is 4. The normalized spacial score (nSPS) is 15.4. The zero-order valence-electron chi connectivity index (χ0n) is 11.2. The van der Waals surface area contributed by atoms with Crippen LogP contribution in [0.2, 0.25) is 0 Å². The minimum absolute atomic E-state index is 0.0259. The summed E-state index contributed by atoms with van der Waals surface area (Å²) in [7, 11) is 0. The number of alkyl halides is 2. The topological polar surface area (TPSA) is 91.8 Å². The lowest BCUT2D eigenvalue weighted by Crippen LogP contribution is -2.35. The molecule has 3 rings (SSSR count). The number of carbonyl (C=O) groups is 1. The van der Waals surface area contributed by atoms with Crippen molar-refractivity contribution in [3.05, 3.63) is 35.7 Å². The van der Waals surface area contributed by atoms with Crippen molar-refractivity contribution in [2.75, 3.05) is 0 Å². The fourth-order valence-electron chi connectivity index (χ4n) is 1.89. The Balaban J connectivity index is 1.75. The van der Waals surface area contributed by atoms with Gasteiger partial charge in [0, 0.05) is 11.1 Å². The van der Waals surface area contributed by atoms with Gasteiger partial charge in [-0.1, -0.05) is 17.3 Å². The molecule has 0 spiro atoms. The summed E-state index contributed by atoms with van der Waals surface area (Å²) in [6, 6.07) is 8.15. The van der Waals surface area contributed by atoms with Crippen LogP contribution in [0, 0.1) is 11.3 Å². The van der Waals surface area contributed by atoms with E-state index in [1.807, 2.05) is 0 Å². The third kappa shape index (κ3) is 2.65. The van der Waals surface area contributed by atoms with Gasteiger partial charge in [0.25, 0.3) is 11.8 Å². The van der Waals surface area contributed by atoms with Crippen molar-refractivity contribution in [3.63, 3.8) is 0 Å². The average molecular weight is 304 g/mol. The van der Waals surface area contributed by atoms with Crippen LogP contribution in [-0.4, -0.2) is 21.6 Å². The quantitative estimate of drug-likeness (QED) is 0.936. The lowest BCUT2D eigenvalue weighted by Gasteiger charge is -2.09. The van der Waals surface area contributed by atoms with Crippen LogP contribution in [0.3, 0.4) is 0 Å². The molecular weight excluding hydrogens is 294 g/mol. The van der Waals surface area contributed by atoms with Crippen LogP contribution >= 0.6 is 0 Å². The number of carbonyl (C=O) groups excluding carboxylic acids is 1. The molecule has 0 atom stereocenters. The summed E-state index contributed by atoms with van der Waals surface area (Å²) in [6.07, 6.45) is -1.54. The molecule has 0 unspecified atom stereocenters. The molecule has 1 aliphatic carbocycles. The van der Waals surface area contributed by atoms with Gasteiger partial charge in [0.05, 0.1) is 6.07 Å². The summed E-state index contributed by atoms with van der Waals surface area (Å²) in [5.74, 6) is -1.08. The Labute approximate surface area is 123 Å². The van der Waals surface area contributed by atoms with Crippen molar-refractivity contribution in [2.24, 2.45) is 0 Å². The summed E-state index contributed by atoms with van der Waals surface area (Å²) in [4.78, 5) is 15.6. The van der Waals surface area contributed by atoms with Crippen molar-refractivity contribution in [1.82, 2.24) is 15.5 Å². The van der Waals surface area contributed by atoms with E-state index < -0.39 is 17.9 Å². The third-order valence-electron chi connectivity index (χ3n) is 3.35. The van der Waals surface area contributed by atoms with Crippen molar-refractivity contribution in [2.45, 2.75) is 24.8 Å². The fraction of sp³-hybridized carbons (Fsp3) is 0.286. The molecule has 22 heavy (non-hydrogen) atoms. The molecule has 1 fully saturated rings. The molecule has 0 aliphatic heterocycles. The number of amides is 1. The first-order valence-electron chi connectivity index (χ1n) is 6.49. The predicted octanol–water partition coefficient (Wildman–Crippen LogP) is 2.46. The zero-order chi connectivity index (χ0) is 15.7. The maximum absolute atomic E-state index is 12.4. The highest BCUT2D eigenvalue weighted by molar-refractivity contribution is 5.95. The molecule has 0 radical (unpaired) electrons. The Morgan fingerprint density at radius 2 is 2.05 bits per heavy atom. The number of halogens is 2. The van der Waals surface area contributed by atoms with Crippen LogP contribution in [0.25, 0.3) is 11.4 Å². The van der Waals surface area contributed by atoms with Gasteiger partial charge in [0.1, 0.15) is 5.54 Å². The number of hydrogen-bond acceptors (Lipinski definition) is 5. The van der Waals surface area contributed by atoms with E-state index in [0.717, 1.165) is 0 Å². The summed E-state index contributed by atoms with van der Waals surface area (Å²) >= 11 is 0. The Hall–Kier alpha value is -2.82. The molecular formula is C14H10F2N4O2. The number of nitriles is 1. The van der Waals surface area contributed by atoms with Crippen LogP contribution < -0.4 is 5.32 Å². The molecule has 0 saturated heterocycles. The summed E-state index contributed by atoms with van der Waals surface area (Å²) in [5, 5.41) is 15.1. The molecule has 6 nitrogen and oxygen atoms in total. The summed E-state index contributed by atoms with van der Waals surface area (Å²) in [6.45, 7) is 0. The first-order valence-corrected chi connectivity index (χ1v) is 6.49. The minimum Gasteiger partial charge on any atom is -0.334 e. The highest BCUT2D eigenvalue weighted by Gasteiger charge is 2.44. The Morgan fingerprint density at radius 3 is 2.55 bits per heavy atom. The van der Waals surface area contributed by atoms with E-state index >= 15 is 0 Å². The second-order valence-corrected chi connectivity index (χ2v) is 4.98. The van der Waals surface area contributed by atoms with E-state index in [9.17, 15) is 13.6 Å². The van der Waals surface area contributed by atoms with Crippen LogP contribution in [0.1, 0.15) is 35.5 Å². The van der Waals surface area contributed by atoms with Crippen molar-refractivity contribution in [3.8, 4) is 17.5 Å². The minimum atomic E-state index is -2.83. The highest BCUT2D eigenvalue weighted by atomic mass is 19.3. The van der Waals surface area contributed by atoms with E-state index in [1.165, 1.54) is 24.3 Å². The first kappa shape index (κ1) is 14.1. The molecule has 2 aromatic rings. The molecule has 1 aliphatic rings. The van der Waals surface area contributed by atoms with Gasteiger partial charge in [-0.15, -0.1) is 0 Å². The van der Waals surface area contributed by atoms with Gasteiger partial charge in [-0.05, 0) is 25.0 Å². The van der Waals surface area contributed by atoms with Crippen molar-refractivity contribution < 1.29 is 18.1 Å². The molecule has 1 amide bonds. The smallest absolute Gasteiger partial charge is 0.315 e. The van der Waals surface area contributed by atoms with Gasteiger partial charge in [0.15, 0.2) is 0 Å². The zero-order valence-corrected chi connectivity index (χ0v) is 11.2. The Kier molecular flexibility index (Phi) is 3.33. The number of nitrogens with zero attached hydrogens (tertiary/aromatic N) is 3. The van der Waals surface area contributed by atoms with Gasteiger partial charge in [-0.2, -0.15) is 19.0 Å². The van der Waals surface area contributed by atoms with Crippen molar-refractivity contribution in [1.29, 1.82) is 5.26 Å². The van der Waals surface area contributed by atoms with E-state index in [0.29, 0.717) is 24.0 Å². The van der Waals surface area contributed by atoms with E-state index in [-0.39, 0.29) is 11.7 Å². The maximum atomic E-state index is 12.4. The SMILES string of the molecule is N#CC1(NC(=O)c2ccc(-c3noc(C(F)F)n3)cc2)CC1. The maximum Gasteiger partial charge on any atom is 0.315 e. The van der Waals surface area contributed by atoms with E-state index in [1.54, 1.807) is 0 Å². The molecule has 0 bridgehead atoms. The van der Waals surface area contributed by atoms with Crippen molar-refractivity contribution >= 4 is 5.91 Å².